The topological polar surface area (TPSA) is 52.0 Å². The second-order valence-corrected chi connectivity index (χ2v) is 5.37. The van der Waals surface area contributed by atoms with Gasteiger partial charge < -0.3 is 10.1 Å². The molecule has 21 heavy (non-hydrogen) atoms. The van der Waals surface area contributed by atoms with E-state index in [4.69, 9.17) is 4.74 Å². The first-order valence-electron chi connectivity index (χ1n) is 7.02. The Morgan fingerprint density at radius 1 is 1.33 bits per heavy atom. The first-order chi connectivity index (χ1) is 10.1. The first-order valence-corrected chi connectivity index (χ1v) is 7.02. The van der Waals surface area contributed by atoms with Gasteiger partial charge in [0.15, 0.2) is 5.82 Å². The SMILES string of the molecule is CNCc1cc(F)cc(OCc2ncnn2CC(C)C)c1. The van der Waals surface area contributed by atoms with Crippen molar-refractivity contribution < 1.29 is 9.13 Å². The molecule has 0 aliphatic heterocycles. The highest BCUT2D eigenvalue weighted by Crippen LogP contribution is 2.17. The molecule has 2 aromatic rings. The zero-order chi connectivity index (χ0) is 15.2. The number of halogens is 1. The molecule has 0 aliphatic carbocycles. The molecule has 0 fully saturated rings. The fourth-order valence-electron chi connectivity index (χ4n) is 2.06. The normalized spacial score (nSPS) is 11.1. The quantitative estimate of drug-likeness (QED) is 0.851. The highest BCUT2D eigenvalue weighted by Gasteiger charge is 2.08. The van der Waals surface area contributed by atoms with Crippen molar-refractivity contribution in [3.05, 3.63) is 41.7 Å². The monoisotopic (exact) mass is 292 g/mol. The molecule has 0 saturated heterocycles. The second kappa shape index (κ2) is 7.17. The second-order valence-electron chi connectivity index (χ2n) is 5.37. The third-order valence-electron chi connectivity index (χ3n) is 2.91. The van der Waals surface area contributed by atoms with Crippen LogP contribution in [-0.2, 0) is 19.7 Å². The molecule has 2 rings (SSSR count). The minimum atomic E-state index is -0.304. The van der Waals surface area contributed by atoms with Crippen LogP contribution in [0.4, 0.5) is 4.39 Å². The van der Waals surface area contributed by atoms with Gasteiger partial charge in [0, 0.05) is 19.2 Å². The predicted octanol–water partition coefficient (Wildman–Crippen LogP) is 2.37. The highest BCUT2D eigenvalue weighted by molar-refractivity contribution is 5.29. The predicted molar refractivity (Wildman–Crippen MR) is 78.4 cm³/mol. The fourth-order valence-corrected chi connectivity index (χ4v) is 2.06. The van der Waals surface area contributed by atoms with Crippen molar-refractivity contribution in [1.29, 1.82) is 0 Å². The van der Waals surface area contributed by atoms with Gasteiger partial charge in [0.1, 0.15) is 24.5 Å². The molecule has 0 bridgehead atoms. The van der Waals surface area contributed by atoms with E-state index in [0.717, 1.165) is 17.9 Å². The summed E-state index contributed by atoms with van der Waals surface area (Å²) < 4.78 is 21.0. The Bertz CT molecular complexity index is 583. The molecule has 1 heterocycles. The van der Waals surface area contributed by atoms with Crippen LogP contribution in [0.25, 0.3) is 0 Å². The molecule has 0 atom stereocenters. The van der Waals surface area contributed by atoms with Gasteiger partial charge in [-0.15, -0.1) is 0 Å². The Hall–Kier alpha value is -1.95. The summed E-state index contributed by atoms with van der Waals surface area (Å²) in [6.45, 7) is 5.88. The third kappa shape index (κ3) is 4.53. The number of nitrogens with zero attached hydrogens (tertiary/aromatic N) is 3. The molecule has 0 radical (unpaired) electrons. The molecule has 1 aromatic carbocycles. The molecule has 0 unspecified atom stereocenters. The lowest BCUT2D eigenvalue weighted by molar-refractivity contribution is 0.281. The van der Waals surface area contributed by atoms with Crippen LogP contribution in [0.2, 0.25) is 0 Å². The van der Waals surface area contributed by atoms with E-state index in [1.807, 2.05) is 17.8 Å². The number of hydrogen-bond acceptors (Lipinski definition) is 4. The average molecular weight is 292 g/mol. The van der Waals surface area contributed by atoms with E-state index in [0.29, 0.717) is 18.2 Å². The molecule has 1 aromatic heterocycles. The molecule has 5 nitrogen and oxygen atoms in total. The molecule has 1 N–H and O–H groups in total. The molecule has 0 aliphatic rings. The summed E-state index contributed by atoms with van der Waals surface area (Å²) in [5.41, 5.74) is 0.844. The van der Waals surface area contributed by atoms with Crippen molar-refractivity contribution in [2.24, 2.45) is 5.92 Å². The maximum atomic E-state index is 13.5. The van der Waals surface area contributed by atoms with Crippen molar-refractivity contribution in [2.75, 3.05) is 7.05 Å². The smallest absolute Gasteiger partial charge is 0.164 e. The standard InChI is InChI=1S/C15H21FN4O/c1-11(2)8-20-15(18-10-19-20)9-21-14-5-12(7-17-3)4-13(16)6-14/h4-6,10-11,17H,7-9H2,1-3H3. The van der Waals surface area contributed by atoms with Crippen molar-refractivity contribution in [3.8, 4) is 5.75 Å². The Morgan fingerprint density at radius 3 is 2.86 bits per heavy atom. The molecular weight excluding hydrogens is 271 g/mol. The lowest BCUT2D eigenvalue weighted by Crippen LogP contribution is -2.12. The van der Waals surface area contributed by atoms with Crippen LogP contribution in [0.1, 0.15) is 25.2 Å². The zero-order valence-electron chi connectivity index (χ0n) is 12.6. The van der Waals surface area contributed by atoms with Gasteiger partial charge in [-0.25, -0.2) is 14.1 Å². The zero-order valence-corrected chi connectivity index (χ0v) is 12.6. The Kier molecular flexibility index (Phi) is 5.27. The number of ether oxygens (including phenoxy) is 1. The molecular formula is C15H21FN4O. The van der Waals surface area contributed by atoms with E-state index < -0.39 is 0 Å². The molecule has 0 spiro atoms. The maximum Gasteiger partial charge on any atom is 0.164 e. The van der Waals surface area contributed by atoms with Gasteiger partial charge in [-0.1, -0.05) is 13.8 Å². The number of benzene rings is 1. The van der Waals surface area contributed by atoms with Gasteiger partial charge in [0.25, 0.3) is 0 Å². The lowest BCUT2D eigenvalue weighted by atomic mass is 10.2. The average Bonchev–Trinajstić information content (AvgIpc) is 2.82. The molecule has 0 saturated carbocycles. The fraction of sp³-hybridized carbons (Fsp3) is 0.467. The maximum absolute atomic E-state index is 13.5. The highest BCUT2D eigenvalue weighted by atomic mass is 19.1. The van der Waals surface area contributed by atoms with Crippen LogP contribution in [0, 0.1) is 11.7 Å². The van der Waals surface area contributed by atoms with Crippen LogP contribution < -0.4 is 10.1 Å². The van der Waals surface area contributed by atoms with Gasteiger partial charge in [-0.2, -0.15) is 5.10 Å². The summed E-state index contributed by atoms with van der Waals surface area (Å²) in [7, 11) is 1.82. The van der Waals surface area contributed by atoms with Gasteiger partial charge in [-0.3, -0.25) is 0 Å². The van der Waals surface area contributed by atoms with Crippen LogP contribution in [0.3, 0.4) is 0 Å². The summed E-state index contributed by atoms with van der Waals surface area (Å²) in [5.74, 6) is 1.41. The van der Waals surface area contributed by atoms with Gasteiger partial charge >= 0.3 is 0 Å². The number of hydrogen-bond donors (Lipinski definition) is 1. The number of aromatic nitrogens is 3. The van der Waals surface area contributed by atoms with Crippen molar-refractivity contribution >= 4 is 0 Å². The minimum absolute atomic E-state index is 0.273. The summed E-state index contributed by atoms with van der Waals surface area (Å²) in [6.07, 6.45) is 1.51. The van der Waals surface area contributed by atoms with E-state index in [1.54, 1.807) is 0 Å². The van der Waals surface area contributed by atoms with Gasteiger partial charge in [0.2, 0.25) is 0 Å². The molecule has 114 valence electrons. The van der Waals surface area contributed by atoms with Crippen LogP contribution in [0.5, 0.6) is 5.75 Å². The van der Waals surface area contributed by atoms with Crippen LogP contribution in [0.15, 0.2) is 24.5 Å². The largest absolute Gasteiger partial charge is 0.486 e. The summed E-state index contributed by atoms with van der Waals surface area (Å²) in [4.78, 5) is 4.19. The number of nitrogens with one attached hydrogen (secondary N) is 1. The van der Waals surface area contributed by atoms with E-state index in [-0.39, 0.29) is 12.4 Å². The van der Waals surface area contributed by atoms with Crippen molar-refractivity contribution in [3.63, 3.8) is 0 Å². The van der Waals surface area contributed by atoms with Crippen molar-refractivity contribution in [2.45, 2.75) is 33.5 Å². The van der Waals surface area contributed by atoms with Gasteiger partial charge in [0.05, 0.1) is 0 Å². The van der Waals surface area contributed by atoms with E-state index in [1.165, 1.54) is 18.5 Å². The van der Waals surface area contributed by atoms with Gasteiger partial charge in [-0.05, 0) is 30.7 Å². The minimum Gasteiger partial charge on any atom is -0.486 e. The lowest BCUT2D eigenvalue weighted by Gasteiger charge is -2.11. The van der Waals surface area contributed by atoms with E-state index in [2.05, 4.69) is 29.2 Å². The van der Waals surface area contributed by atoms with Crippen LogP contribution in [-0.4, -0.2) is 21.8 Å². The summed E-state index contributed by atoms with van der Waals surface area (Å²) in [6, 6.07) is 4.69. The Morgan fingerprint density at radius 2 is 2.14 bits per heavy atom. The third-order valence-corrected chi connectivity index (χ3v) is 2.91. The summed E-state index contributed by atoms with van der Waals surface area (Å²) >= 11 is 0. The van der Waals surface area contributed by atoms with Crippen molar-refractivity contribution in [1.82, 2.24) is 20.1 Å². The Balaban J connectivity index is 2.04. The number of rotatable bonds is 7. The summed E-state index contributed by atoms with van der Waals surface area (Å²) in [5, 5.41) is 7.16. The molecule has 0 amide bonds. The van der Waals surface area contributed by atoms with E-state index >= 15 is 0 Å². The van der Waals surface area contributed by atoms with Crippen LogP contribution >= 0.6 is 0 Å². The van der Waals surface area contributed by atoms with E-state index in [9.17, 15) is 4.39 Å². The first kappa shape index (κ1) is 15.4. The molecule has 6 heteroatoms. The Labute approximate surface area is 124 Å².